The molecule has 0 radical (unpaired) electrons. The summed E-state index contributed by atoms with van der Waals surface area (Å²) in [5, 5.41) is 21.9. The van der Waals surface area contributed by atoms with Crippen molar-refractivity contribution in [3.63, 3.8) is 0 Å². The van der Waals surface area contributed by atoms with Crippen molar-refractivity contribution >= 4 is 11.6 Å². The lowest BCUT2D eigenvalue weighted by atomic mass is 9.46. The number of allylic oxidation sites excluding steroid dienone is 4. The van der Waals surface area contributed by atoms with Gasteiger partial charge in [0.25, 0.3) is 0 Å². The summed E-state index contributed by atoms with van der Waals surface area (Å²) in [4.78, 5) is 26.0. The molecule has 1 unspecified atom stereocenters. The molecule has 5 aliphatic rings. The highest BCUT2D eigenvalue weighted by Crippen LogP contribution is 2.69. The standard InChI is InChI=1S/C25H34O6/c1-4-5-21-30-20-11-17-16-7-6-14-10-15(27)8-9-23(14,2)22(16)18(28)12-24(17,3)25(20,31-21)19(29)13-26/h8-10,16-18,20-22,26,28H,4-7,11-13H2,1-3H3/t16-,17-,18-,20+,21?,22+,23-,24-,25+/m0/s1/i6D2,8D,9D,13D2. The van der Waals surface area contributed by atoms with Gasteiger partial charge in [-0.25, -0.2) is 0 Å². The molecule has 3 saturated carbocycles. The van der Waals surface area contributed by atoms with E-state index in [-0.39, 0.29) is 30.9 Å². The monoisotopic (exact) mass is 436 g/mol. The van der Waals surface area contributed by atoms with Crippen LogP contribution in [-0.2, 0) is 19.1 Å². The van der Waals surface area contributed by atoms with Crippen LogP contribution in [0.2, 0.25) is 0 Å². The number of aliphatic hydroxyl groups is 2. The highest BCUT2D eigenvalue weighted by atomic mass is 16.7. The van der Waals surface area contributed by atoms with E-state index in [0.717, 1.165) is 6.08 Å². The van der Waals surface area contributed by atoms with Crippen LogP contribution in [0.5, 0.6) is 0 Å². The van der Waals surface area contributed by atoms with Gasteiger partial charge in [-0.15, -0.1) is 0 Å². The van der Waals surface area contributed by atoms with Gasteiger partial charge in [-0.2, -0.15) is 0 Å². The normalized spacial score (nSPS) is 55.9. The molecule has 0 spiro atoms. The molecule has 1 heterocycles. The maximum Gasteiger partial charge on any atom is 0.193 e. The number of aliphatic hydroxyl groups excluding tert-OH is 1. The molecule has 0 aromatic heterocycles. The number of Topliss-reactive ketones (excluding diaryl/α,β-unsaturated/α-hetero) is 1. The largest absolute Gasteiger partial charge is 0.393 e. The number of carbonyl (C=O) groups excluding carboxylic acids is 2. The van der Waals surface area contributed by atoms with Crippen molar-refractivity contribution in [1.82, 2.24) is 0 Å². The van der Waals surface area contributed by atoms with Crippen LogP contribution >= 0.6 is 0 Å². The third-order valence-corrected chi connectivity index (χ3v) is 8.69. The van der Waals surface area contributed by atoms with Crippen LogP contribution in [0.25, 0.3) is 0 Å². The Labute approximate surface area is 192 Å². The van der Waals surface area contributed by atoms with Gasteiger partial charge in [0, 0.05) is 19.5 Å². The van der Waals surface area contributed by atoms with Gasteiger partial charge in [0.2, 0.25) is 0 Å². The molecule has 0 aromatic carbocycles. The first-order valence-corrected chi connectivity index (χ1v) is 11.2. The molecule has 0 aromatic rings. The van der Waals surface area contributed by atoms with Crippen molar-refractivity contribution in [3.05, 3.63) is 23.8 Å². The molecule has 31 heavy (non-hydrogen) atoms. The molecule has 4 aliphatic carbocycles. The van der Waals surface area contributed by atoms with Gasteiger partial charge in [-0.1, -0.05) is 38.8 Å². The minimum atomic E-state index is -3.22. The van der Waals surface area contributed by atoms with Crippen LogP contribution in [0.1, 0.15) is 67.5 Å². The average Bonchev–Trinajstić information content (AvgIpc) is 3.25. The minimum Gasteiger partial charge on any atom is -0.393 e. The summed E-state index contributed by atoms with van der Waals surface area (Å²) in [6.07, 6.45) is -2.56. The fourth-order valence-corrected chi connectivity index (χ4v) is 7.42. The van der Waals surface area contributed by atoms with E-state index in [1.807, 2.05) is 6.92 Å². The molecule has 6 nitrogen and oxygen atoms in total. The van der Waals surface area contributed by atoms with Crippen LogP contribution in [0.3, 0.4) is 0 Å². The second-order valence-corrected chi connectivity index (χ2v) is 10.1. The first-order chi connectivity index (χ1) is 17.0. The molecule has 6 heteroatoms. The summed E-state index contributed by atoms with van der Waals surface area (Å²) < 4.78 is 62.7. The number of ketones is 2. The second-order valence-electron chi connectivity index (χ2n) is 10.1. The maximum absolute atomic E-state index is 13.6. The van der Waals surface area contributed by atoms with Crippen LogP contribution in [0.4, 0.5) is 0 Å². The van der Waals surface area contributed by atoms with Crippen LogP contribution in [-0.4, -0.2) is 52.4 Å². The zero-order chi connectivity index (χ0) is 27.5. The maximum atomic E-state index is 13.6. The smallest absolute Gasteiger partial charge is 0.193 e. The highest BCUT2D eigenvalue weighted by molar-refractivity contribution is 6.01. The molecular weight excluding hydrogens is 396 g/mol. The molecule has 1 saturated heterocycles. The molecule has 0 bridgehead atoms. The van der Waals surface area contributed by atoms with Crippen molar-refractivity contribution < 1.29 is 37.5 Å². The Hall–Kier alpha value is -1.34. The highest BCUT2D eigenvalue weighted by Gasteiger charge is 2.75. The van der Waals surface area contributed by atoms with E-state index in [0.29, 0.717) is 12.8 Å². The Balaban J connectivity index is 1.66. The van der Waals surface area contributed by atoms with Crippen LogP contribution < -0.4 is 0 Å². The Morgan fingerprint density at radius 1 is 1.45 bits per heavy atom. The van der Waals surface area contributed by atoms with Gasteiger partial charge in [0.15, 0.2) is 23.5 Å². The average molecular weight is 437 g/mol. The lowest BCUT2D eigenvalue weighted by Crippen LogP contribution is -2.63. The summed E-state index contributed by atoms with van der Waals surface area (Å²) in [5.41, 5.74) is -4.41. The van der Waals surface area contributed by atoms with Gasteiger partial charge >= 0.3 is 0 Å². The summed E-state index contributed by atoms with van der Waals surface area (Å²) in [5.74, 6) is -3.69. The minimum absolute atomic E-state index is 0.0419. The van der Waals surface area contributed by atoms with E-state index in [1.165, 1.54) is 0 Å². The van der Waals surface area contributed by atoms with Gasteiger partial charge in [-0.3, -0.25) is 9.59 Å². The van der Waals surface area contributed by atoms with Gasteiger partial charge in [-0.05, 0) is 56.0 Å². The van der Waals surface area contributed by atoms with Crippen molar-refractivity contribution in [2.45, 2.75) is 83.3 Å². The lowest BCUT2D eigenvalue weighted by Gasteiger charge is -2.59. The summed E-state index contributed by atoms with van der Waals surface area (Å²) in [6, 6.07) is -0.858. The van der Waals surface area contributed by atoms with Crippen molar-refractivity contribution in [2.24, 2.45) is 28.6 Å². The van der Waals surface area contributed by atoms with E-state index in [9.17, 15) is 19.8 Å². The fourth-order valence-electron chi connectivity index (χ4n) is 7.42. The van der Waals surface area contributed by atoms with Gasteiger partial charge < -0.3 is 19.7 Å². The predicted octanol–water partition coefficient (Wildman–Crippen LogP) is 2.72. The number of hydrogen-bond acceptors (Lipinski definition) is 6. The van der Waals surface area contributed by atoms with E-state index in [1.54, 1.807) is 13.8 Å². The molecule has 170 valence electrons. The molecule has 0 amide bonds. The van der Waals surface area contributed by atoms with E-state index < -0.39 is 83.2 Å². The topological polar surface area (TPSA) is 93.1 Å². The SMILES string of the molecule is [2H]C1=C([2H])[C@@]2(C)C(=CC1=O)C([2H])([2H])C[C@@H]1[C@@H]2[C@@H](O)C[C@@]2(C)[C@H]1C[C@H]1OC(CCC)O[C@]12C(=O)C([2H])([2H])O. The quantitative estimate of drug-likeness (QED) is 0.704. The van der Waals surface area contributed by atoms with Gasteiger partial charge in [0.1, 0.15) is 6.56 Å². The fraction of sp³-hybridized carbons (Fsp3) is 0.760. The van der Waals surface area contributed by atoms with Crippen molar-refractivity contribution in [3.8, 4) is 0 Å². The predicted molar refractivity (Wildman–Crippen MR) is 113 cm³/mol. The Bertz CT molecular complexity index is 1120. The van der Waals surface area contributed by atoms with E-state index >= 15 is 0 Å². The third kappa shape index (κ3) is 2.65. The Kier molecular flexibility index (Phi) is 3.54. The number of rotatable bonds is 4. The van der Waals surface area contributed by atoms with E-state index in [2.05, 4.69) is 0 Å². The van der Waals surface area contributed by atoms with E-state index in [4.69, 9.17) is 17.7 Å². The Morgan fingerprint density at radius 2 is 2.23 bits per heavy atom. The molecule has 9 atom stereocenters. The molecule has 5 rings (SSSR count). The van der Waals surface area contributed by atoms with Crippen LogP contribution in [0, 0.1) is 28.6 Å². The first-order valence-electron chi connectivity index (χ1n) is 14.2. The zero-order valence-corrected chi connectivity index (χ0v) is 18.1. The summed E-state index contributed by atoms with van der Waals surface area (Å²) in [6.45, 7) is 2.03. The number of hydrogen-bond donors (Lipinski definition) is 2. The number of fused-ring (bicyclic) bond motifs is 7. The Morgan fingerprint density at radius 3 is 2.94 bits per heavy atom. The number of carbonyl (C=O) groups is 2. The number of ether oxygens (including phenoxy) is 2. The lowest BCUT2D eigenvalue weighted by molar-refractivity contribution is -0.200. The summed E-state index contributed by atoms with van der Waals surface area (Å²) >= 11 is 0. The van der Waals surface area contributed by atoms with Gasteiger partial charge in [0.05, 0.1) is 17.7 Å². The second kappa shape index (κ2) is 7.08. The van der Waals surface area contributed by atoms with Crippen molar-refractivity contribution in [2.75, 3.05) is 6.56 Å². The first kappa shape index (κ1) is 15.5. The van der Waals surface area contributed by atoms with Crippen LogP contribution in [0.15, 0.2) is 23.8 Å². The third-order valence-electron chi connectivity index (χ3n) is 8.69. The molecular formula is C25H34O6. The molecule has 2 N–H and O–H groups in total. The van der Waals surface area contributed by atoms with Crippen molar-refractivity contribution in [1.29, 1.82) is 0 Å². The molecule has 1 aliphatic heterocycles. The summed E-state index contributed by atoms with van der Waals surface area (Å²) in [7, 11) is 0. The zero-order valence-electron chi connectivity index (χ0n) is 24.1. The molecule has 4 fully saturated rings.